The maximum absolute atomic E-state index is 5.94. The van der Waals surface area contributed by atoms with Gasteiger partial charge in [-0.05, 0) is 24.3 Å². The van der Waals surface area contributed by atoms with Crippen LogP contribution >= 0.6 is 0 Å². The van der Waals surface area contributed by atoms with E-state index in [1.54, 1.807) is 0 Å². The number of hydrogen-bond acceptors (Lipinski definition) is 2. The third-order valence-electron chi connectivity index (χ3n) is 3.88. The van der Waals surface area contributed by atoms with E-state index in [2.05, 4.69) is 24.3 Å². The van der Waals surface area contributed by atoms with E-state index in [9.17, 15) is 0 Å². The van der Waals surface area contributed by atoms with Crippen molar-refractivity contribution in [3.8, 4) is 0 Å². The second-order valence-corrected chi connectivity index (χ2v) is 5.04. The molecule has 0 N–H and O–H groups in total. The van der Waals surface area contributed by atoms with Gasteiger partial charge in [-0.3, -0.25) is 0 Å². The van der Waals surface area contributed by atoms with E-state index in [1.807, 2.05) is 50.2 Å². The van der Waals surface area contributed by atoms with Crippen molar-refractivity contribution in [1.82, 2.24) is 0 Å². The normalized spacial score (nSPS) is 11.2. The molecule has 5 aromatic rings. The second-order valence-electron chi connectivity index (χ2n) is 5.04. The zero-order valence-electron chi connectivity index (χ0n) is 12.6. The quantitative estimate of drug-likeness (QED) is 0.324. The topological polar surface area (TPSA) is 26.3 Å². The molecule has 0 fully saturated rings. The molecule has 0 amide bonds. The minimum Gasteiger partial charge on any atom is -0.456 e. The Bertz CT molecular complexity index is 1010. The van der Waals surface area contributed by atoms with E-state index in [0.717, 1.165) is 43.9 Å². The van der Waals surface area contributed by atoms with Gasteiger partial charge in [-0.25, -0.2) is 0 Å². The second kappa shape index (κ2) is 4.92. The molecule has 0 aliphatic heterocycles. The van der Waals surface area contributed by atoms with Crippen molar-refractivity contribution < 1.29 is 8.83 Å². The van der Waals surface area contributed by atoms with Crippen molar-refractivity contribution in [1.29, 1.82) is 0 Å². The average molecular weight is 288 g/mol. The summed E-state index contributed by atoms with van der Waals surface area (Å²) in [6, 6.07) is 20.3. The highest BCUT2D eigenvalue weighted by atomic mass is 16.3. The Balaban J connectivity index is 0.000000602. The van der Waals surface area contributed by atoms with Crippen LogP contribution in [0.15, 0.2) is 69.5 Å². The van der Waals surface area contributed by atoms with Gasteiger partial charge >= 0.3 is 0 Å². The maximum atomic E-state index is 5.94. The lowest BCUT2D eigenvalue weighted by Gasteiger charge is -1.90. The summed E-state index contributed by atoms with van der Waals surface area (Å²) >= 11 is 0. The van der Waals surface area contributed by atoms with Crippen LogP contribution in [0.1, 0.15) is 13.8 Å². The Hall–Kier alpha value is -2.74. The summed E-state index contributed by atoms with van der Waals surface area (Å²) < 4.78 is 11.9. The van der Waals surface area contributed by atoms with Gasteiger partial charge in [0.1, 0.15) is 22.3 Å². The van der Waals surface area contributed by atoms with Gasteiger partial charge in [0.05, 0.1) is 0 Å². The molecular formula is C20H16O2. The van der Waals surface area contributed by atoms with Crippen LogP contribution in [0.4, 0.5) is 0 Å². The number of hydrogen-bond donors (Lipinski definition) is 0. The lowest BCUT2D eigenvalue weighted by molar-refractivity contribution is 0.664. The van der Waals surface area contributed by atoms with Gasteiger partial charge in [-0.2, -0.15) is 0 Å². The summed E-state index contributed by atoms with van der Waals surface area (Å²) in [5.74, 6) is 0. The Kier molecular flexibility index (Phi) is 2.90. The fourth-order valence-corrected chi connectivity index (χ4v) is 2.94. The molecule has 2 heterocycles. The Labute approximate surface area is 127 Å². The number of benzene rings is 3. The zero-order chi connectivity index (χ0) is 15.1. The summed E-state index contributed by atoms with van der Waals surface area (Å²) in [5, 5.41) is 4.47. The van der Waals surface area contributed by atoms with Crippen LogP contribution in [0.5, 0.6) is 0 Å². The average Bonchev–Trinajstić information content (AvgIpc) is 3.12. The van der Waals surface area contributed by atoms with Crippen molar-refractivity contribution in [3.05, 3.63) is 60.7 Å². The van der Waals surface area contributed by atoms with Gasteiger partial charge in [0.15, 0.2) is 0 Å². The van der Waals surface area contributed by atoms with E-state index >= 15 is 0 Å². The minimum absolute atomic E-state index is 0.908. The van der Waals surface area contributed by atoms with Gasteiger partial charge in [-0.15, -0.1) is 0 Å². The van der Waals surface area contributed by atoms with Gasteiger partial charge in [0.2, 0.25) is 0 Å². The molecule has 2 nitrogen and oxygen atoms in total. The van der Waals surface area contributed by atoms with Gasteiger partial charge < -0.3 is 8.83 Å². The Morgan fingerprint density at radius 2 is 0.909 bits per heavy atom. The van der Waals surface area contributed by atoms with E-state index in [1.165, 1.54) is 0 Å². The summed E-state index contributed by atoms with van der Waals surface area (Å²) in [5.41, 5.74) is 3.65. The monoisotopic (exact) mass is 288 g/mol. The molecule has 2 heteroatoms. The highest BCUT2D eigenvalue weighted by molar-refractivity contribution is 6.14. The number of fused-ring (bicyclic) bond motifs is 6. The first kappa shape index (κ1) is 13.0. The minimum atomic E-state index is 0.908. The first-order valence-corrected chi connectivity index (χ1v) is 7.63. The van der Waals surface area contributed by atoms with E-state index in [0.29, 0.717) is 0 Å². The van der Waals surface area contributed by atoms with Crippen molar-refractivity contribution >= 4 is 43.9 Å². The van der Waals surface area contributed by atoms with Gasteiger partial charge in [0.25, 0.3) is 0 Å². The lowest BCUT2D eigenvalue weighted by atomic mass is 10.1. The third-order valence-corrected chi connectivity index (χ3v) is 3.88. The SMILES string of the molecule is CC.c1ccc2c(c1)oc1cc3c(cc12)oc1ccccc13. The Morgan fingerprint density at radius 3 is 1.36 bits per heavy atom. The van der Waals surface area contributed by atoms with Crippen LogP contribution in [0.25, 0.3) is 43.9 Å². The third kappa shape index (κ3) is 1.74. The van der Waals surface area contributed by atoms with Crippen LogP contribution in [0, 0.1) is 0 Å². The van der Waals surface area contributed by atoms with Crippen LogP contribution in [-0.2, 0) is 0 Å². The molecular weight excluding hydrogens is 272 g/mol. The van der Waals surface area contributed by atoms with Crippen molar-refractivity contribution in [2.75, 3.05) is 0 Å². The molecule has 5 rings (SSSR count). The first-order valence-electron chi connectivity index (χ1n) is 7.63. The summed E-state index contributed by atoms with van der Waals surface area (Å²) in [4.78, 5) is 0. The van der Waals surface area contributed by atoms with Crippen LogP contribution < -0.4 is 0 Å². The standard InChI is InChI=1S/C18H10O2.C2H6/c1-3-7-15-11(5-1)13-9-18-14(10-17(13)19-15)12-6-2-4-8-16(12)20-18;1-2/h1-10H;1-2H3. The smallest absolute Gasteiger partial charge is 0.136 e. The van der Waals surface area contributed by atoms with E-state index in [4.69, 9.17) is 8.83 Å². The fourth-order valence-electron chi connectivity index (χ4n) is 2.94. The van der Waals surface area contributed by atoms with Crippen molar-refractivity contribution in [2.45, 2.75) is 13.8 Å². The number of rotatable bonds is 0. The largest absolute Gasteiger partial charge is 0.456 e. The lowest BCUT2D eigenvalue weighted by Crippen LogP contribution is -1.68. The van der Waals surface area contributed by atoms with Crippen molar-refractivity contribution in [2.24, 2.45) is 0 Å². The molecule has 0 aliphatic rings. The predicted octanol–water partition coefficient (Wildman–Crippen LogP) is 6.51. The van der Waals surface area contributed by atoms with E-state index in [-0.39, 0.29) is 0 Å². The Morgan fingerprint density at radius 1 is 0.500 bits per heavy atom. The summed E-state index contributed by atoms with van der Waals surface area (Å²) in [6.45, 7) is 4.00. The molecule has 0 spiro atoms. The van der Waals surface area contributed by atoms with Crippen LogP contribution in [0.2, 0.25) is 0 Å². The molecule has 0 bridgehead atoms. The molecule has 0 saturated carbocycles. The molecule has 0 aliphatic carbocycles. The molecule has 3 aromatic carbocycles. The van der Waals surface area contributed by atoms with Crippen molar-refractivity contribution in [3.63, 3.8) is 0 Å². The molecule has 0 atom stereocenters. The molecule has 108 valence electrons. The molecule has 0 radical (unpaired) electrons. The maximum Gasteiger partial charge on any atom is 0.136 e. The molecule has 0 saturated heterocycles. The van der Waals surface area contributed by atoms with Gasteiger partial charge in [-0.1, -0.05) is 50.2 Å². The fraction of sp³-hybridized carbons (Fsp3) is 0.100. The molecule has 2 aromatic heterocycles. The zero-order valence-corrected chi connectivity index (χ0v) is 12.6. The summed E-state index contributed by atoms with van der Waals surface area (Å²) in [6.07, 6.45) is 0. The first-order chi connectivity index (χ1) is 10.9. The van der Waals surface area contributed by atoms with Crippen LogP contribution in [-0.4, -0.2) is 0 Å². The number of furan rings is 2. The number of para-hydroxylation sites is 2. The highest BCUT2D eigenvalue weighted by Crippen LogP contribution is 2.36. The van der Waals surface area contributed by atoms with Crippen LogP contribution in [0.3, 0.4) is 0 Å². The predicted molar refractivity (Wildman–Crippen MR) is 92.3 cm³/mol. The van der Waals surface area contributed by atoms with Gasteiger partial charge in [0, 0.05) is 21.5 Å². The summed E-state index contributed by atoms with van der Waals surface area (Å²) in [7, 11) is 0. The molecule has 0 unspecified atom stereocenters. The van der Waals surface area contributed by atoms with E-state index < -0.39 is 0 Å². The highest BCUT2D eigenvalue weighted by Gasteiger charge is 2.12. The molecule has 22 heavy (non-hydrogen) atoms.